The summed E-state index contributed by atoms with van der Waals surface area (Å²) in [4.78, 5) is 26.2. The molecule has 0 aliphatic carbocycles. The molecule has 8 heteroatoms. The third kappa shape index (κ3) is 4.53. The Morgan fingerprint density at radius 2 is 1.87 bits per heavy atom. The summed E-state index contributed by atoms with van der Waals surface area (Å²) in [5.74, 6) is 1.61. The van der Waals surface area contributed by atoms with Crippen LogP contribution in [0.25, 0.3) is 0 Å². The van der Waals surface area contributed by atoms with E-state index in [-0.39, 0.29) is 11.5 Å². The second-order valence-corrected chi connectivity index (χ2v) is 7.56. The molecular weight excluding hydrogens is 380 g/mol. The van der Waals surface area contributed by atoms with E-state index in [4.69, 9.17) is 0 Å². The Balaban J connectivity index is 1.51. The van der Waals surface area contributed by atoms with E-state index in [1.807, 2.05) is 30.0 Å². The number of piperidine rings is 1. The molecule has 1 fully saturated rings. The van der Waals surface area contributed by atoms with E-state index in [1.54, 1.807) is 6.07 Å². The van der Waals surface area contributed by atoms with Gasteiger partial charge in [-0.05, 0) is 49.8 Å². The van der Waals surface area contributed by atoms with E-state index in [2.05, 4.69) is 44.5 Å². The summed E-state index contributed by atoms with van der Waals surface area (Å²) < 4.78 is 0. The Labute approximate surface area is 175 Å². The van der Waals surface area contributed by atoms with Crippen LogP contribution in [0.1, 0.15) is 24.1 Å². The number of hydrogen-bond donors (Lipinski definition) is 1. The van der Waals surface area contributed by atoms with E-state index >= 15 is 0 Å². The molecule has 1 aliphatic heterocycles. The molecule has 8 nitrogen and oxygen atoms in total. The van der Waals surface area contributed by atoms with Crippen LogP contribution in [0.3, 0.4) is 0 Å². The predicted molar refractivity (Wildman–Crippen MR) is 116 cm³/mol. The number of rotatable bonds is 6. The molecule has 1 saturated heterocycles. The molecule has 0 bridgehead atoms. The number of pyridine rings is 1. The molecular formula is C22H24N6O2. The molecule has 30 heavy (non-hydrogen) atoms. The number of anilines is 3. The summed E-state index contributed by atoms with van der Waals surface area (Å²) >= 11 is 0. The molecule has 1 aliphatic rings. The van der Waals surface area contributed by atoms with Crippen molar-refractivity contribution in [2.24, 2.45) is 5.92 Å². The van der Waals surface area contributed by atoms with Crippen molar-refractivity contribution in [2.45, 2.75) is 26.2 Å². The highest BCUT2D eigenvalue weighted by atomic mass is 16.6. The number of aryl methyl sites for hydroxylation is 1. The van der Waals surface area contributed by atoms with Crippen molar-refractivity contribution in [3.8, 4) is 0 Å². The fraction of sp³-hybridized carbons (Fsp3) is 0.318. The zero-order valence-corrected chi connectivity index (χ0v) is 16.9. The second kappa shape index (κ2) is 8.86. The average molecular weight is 404 g/mol. The fourth-order valence-electron chi connectivity index (χ4n) is 3.89. The van der Waals surface area contributed by atoms with Crippen molar-refractivity contribution < 1.29 is 4.92 Å². The molecule has 4 rings (SSSR count). The average Bonchev–Trinajstić information content (AvgIpc) is 2.75. The third-order valence-corrected chi connectivity index (χ3v) is 5.40. The molecule has 0 spiro atoms. The van der Waals surface area contributed by atoms with Crippen molar-refractivity contribution in [1.82, 2.24) is 15.0 Å². The highest BCUT2D eigenvalue weighted by Gasteiger charge is 2.30. The van der Waals surface area contributed by atoms with E-state index in [0.29, 0.717) is 17.6 Å². The van der Waals surface area contributed by atoms with Gasteiger partial charge in [0, 0.05) is 18.8 Å². The minimum absolute atomic E-state index is 0.109. The first-order valence-electron chi connectivity index (χ1n) is 10.1. The first-order valence-corrected chi connectivity index (χ1v) is 10.1. The van der Waals surface area contributed by atoms with Crippen LogP contribution >= 0.6 is 0 Å². The summed E-state index contributed by atoms with van der Waals surface area (Å²) in [6.45, 7) is 3.33. The summed E-state index contributed by atoms with van der Waals surface area (Å²) in [6.07, 6.45) is 4.35. The zero-order chi connectivity index (χ0) is 20.9. The van der Waals surface area contributed by atoms with Crippen LogP contribution in [0.5, 0.6) is 0 Å². The van der Waals surface area contributed by atoms with Crippen molar-refractivity contribution >= 4 is 23.1 Å². The minimum atomic E-state index is -0.413. The Morgan fingerprint density at radius 1 is 1.10 bits per heavy atom. The Kier molecular flexibility index (Phi) is 5.83. The highest BCUT2D eigenvalue weighted by Crippen LogP contribution is 2.35. The van der Waals surface area contributed by atoms with Crippen LogP contribution in [0.15, 0.2) is 54.9 Å². The molecule has 3 heterocycles. The lowest BCUT2D eigenvalue weighted by atomic mass is 9.90. The highest BCUT2D eigenvalue weighted by molar-refractivity contribution is 5.73. The van der Waals surface area contributed by atoms with Crippen LogP contribution in [0, 0.1) is 23.0 Å². The monoisotopic (exact) mass is 404 g/mol. The normalized spacial score (nSPS) is 14.5. The van der Waals surface area contributed by atoms with E-state index in [1.165, 1.54) is 11.9 Å². The van der Waals surface area contributed by atoms with E-state index in [9.17, 15) is 10.1 Å². The second-order valence-electron chi connectivity index (χ2n) is 7.56. The smallest absolute Gasteiger partial charge is 0.351 e. The first-order chi connectivity index (χ1) is 14.6. The van der Waals surface area contributed by atoms with Gasteiger partial charge in [0.25, 0.3) is 0 Å². The summed E-state index contributed by atoms with van der Waals surface area (Å²) in [7, 11) is 0. The third-order valence-electron chi connectivity index (χ3n) is 5.40. The van der Waals surface area contributed by atoms with Crippen molar-refractivity contribution in [2.75, 3.05) is 23.3 Å². The Hall–Kier alpha value is -3.55. The molecule has 154 valence electrons. The van der Waals surface area contributed by atoms with Gasteiger partial charge in [0.05, 0.1) is 4.92 Å². The molecule has 0 unspecified atom stereocenters. The topological polar surface area (TPSA) is 97.1 Å². The number of nitrogens with one attached hydrogen (secondary N) is 1. The number of nitrogens with zero attached hydrogens (tertiary/aromatic N) is 5. The zero-order valence-electron chi connectivity index (χ0n) is 16.9. The van der Waals surface area contributed by atoms with Crippen LogP contribution in [0.2, 0.25) is 0 Å². The molecule has 3 aromatic rings. The lowest BCUT2D eigenvalue weighted by Gasteiger charge is -2.32. The Bertz CT molecular complexity index is 1020. The van der Waals surface area contributed by atoms with E-state index < -0.39 is 4.92 Å². The van der Waals surface area contributed by atoms with Gasteiger partial charge in [-0.1, -0.05) is 36.4 Å². The van der Waals surface area contributed by atoms with Gasteiger partial charge >= 0.3 is 5.69 Å². The van der Waals surface area contributed by atoms with Gasteiger partial charge in [0.15, 0.2) is 0 Å². The maximum absolute atomic E-state index is 11.9. The lowest BCUT2D eigenvalue weighted by molar-refractivity contribution is -0.383. The molecule has 0 atom stereocenters. The number of benzene rings is 1. The fourth-order valence-corrected chi connectivity index (χ4v) is 3.89. The SMILES string of the molecule is Cc1cccc(Nc2ncnc(N3CCC(Cc4ccccc4)CC3)c2[N+](=O)[O-])n1. The maximum atomic E-state index is 11.9. The van der Waals surface area contributed by atoms with Crippen molar-refractivity contribution in [3.05, 3.63) is 76.2 Å². The van der Waals surface area contributed by atoms with Gasteiger partial charge in [-0.3, -0.25) is 10.1 Å². The van der Waals surface area contributed by atoms with Gasteiger partial charge in [0.2, 0.25) is 11.6 Å². The maximum Gasteiger partial charge on any atom is 0.353 e. The molecule has 1 N–H and O–H groups in total. The minimum Gasteiger partial charge on any atom is -0.351 e. The quantitative estimate of drug-likeness (QED) is 0.483. The molecule has 1 aromatic carbocycles. The molecule has 0 saturated carbocycles. The number of aromatic nitrogens is 3. The van der Waals surface area contributed by atoms with Crippen LogP contribution < -0.4 is 10.2 Å². The molecule has 2 aromatic heterocycles. The first kappa shape index (κ1) is 19.8. The standard InChI is InChI=1S/C22H24N6O2/c1-16-6-5-9-19(25-16)26-21-20(28(29)30)22(24-15-23-21)27-12-10-18(11-13-27)14-17-7-3-2-4-8-17/h2-9,15,18H,10-14H2,1H3,(H,23,24,25,26). The van der Waals surface area contributed by atoms with Gasteiger partial charge < -0.3 is 10.2 Å². The molecule has 0 amide bonds. The van der Waals surface area contributed by atoms with Gasteiger partial charge in [0.1, 0.15) is 12.1 Å². The summed E-state index contributed by atoms with van der Waals surface area (Å²) in [6, 6.07) is 15.9. The summed E-state index contributed by atoms with van der Waals surface area (Å²) in [5.41, 5.74) is 2.04. The van der Waals surface area contributed by atoms with Gasteiger partial charge in [-0.15, -0.1) is 0 Å². The van der Waals surface area contributed by atoms with Crippen LogP contribution in [-0.2, 0) is 6.42 Å². The van der Waals surface area contributed by atoms with Crippen molar-refractivity contribution in [3.63, 3.8) is 0 Å². The van der Waals surface area contributed by atoms with Crippen molar-refractivity contribution in [1.29, 1.82) is 0 Å². The summed E-state index contributed by atoms with van der Waals surface area (Å²) in [5, 5.41) is 14.9. The lowest BCUT2D eigenvalue weighted by Crippen LogP contribution is -2.35. The number of nitro groups is 1. The predicted octanol–water partition coefficient (Wildman–Crippen LogP) is 4.29. The largest absolute Gasteiger partial charge is 0.353 e. The van der Waals surface area contributed by atoms with Crippen LogP contribution in [0.4, 0.5) is 23.1 Å². The van der Waals surface area contributed by atoms with Gasteiger partial charge in [-0.2, -0.15) is 0 Å². The van der Waals surface area contributed by atoms with Gasteiger partial charge in [-0.25, -0.2) is 15.0 Å². The van der Waals surface area contributed by atoms with Crippen LogP contribution in [-0.4, -0.2) is 33.0 Å². The number of hydrogen-bond acceptors (Lipinski definition) is 7. The van der Waals surface area contributed by atoms with E-state index in [0.717, 1.165) is 38.0 Å². The Morgan fingerprint density at radius 3 is 2.57 bits per heavy atom. The molecule has 0 radical (unpaired) electrons.